The molecule has 0 aliphatic heterocycles. The number of unbranched alkanes of at least 4 members (excludes halogenated alkanes) is 6. The van der Waals surface area contributed by atoms with E-state index in [-0.39, 0.29) is 31.3 Å². The van der Waals surface area contributed by atoms with Crippen LogP contribution in [0.15, 0.2) is 0 Å². The van der Waals surface area contributed by atoms with Crippen molar-refractivity contribution in [3.8, 4) is 0 Å². The highest BCUT2D eigenvalue weighted by atomic mass is 16.6. The molecular weight excluding hydrogens is 378 g/mol. The van der Waals surface area contributed by atoms with Crippen molar-refractivity contribution in [2.75, 3.05) is 39.6 Å². The zero-order chi connectivity index (χ0) is 21.6. The van der Waals surface area contributed by atoms with Gasteiger partial charge in [-0.3, -0.25) is 14.4 Å². The molecule has 8 heteroatoms. The predicted molar refractivity (Wildman–Crippen MR) is 110 cm³/mol. The van der Waals surface area contributed by atoms with Crippen LogP contribution in [0.1, 0.15) is 77.6 Å². The highest BCUT2D eigenvalue weighted by Gasteiger charge is 2.04. The largest absolute Gasteiger partial charge is 0.481 e. The molecule has 0 aromatic rings. The zero-order valence-corrected chi connectivity index (χ0v) is 17.9. The molecule has 0 fully saturated rings. The van der Waals surface area contributed by atoms with Gasteiger partial charge in [-0.1, -0.05) is 45.4 Å². The van der Waals surface area contributed by atoms with Crippen LogP contribution in [0.25, 0.3) is 0 Å². The minimum absolute atomic E-state index is 0.00630. The van der Waals surface area contributed by atoms with Crippen LogP contribution in [-0.2, 0) is 28.6 Å². The lowest BCUT2D eigenvalue weighted by Gasteiger charge is -2.08. The van der Waals surface area contributed by atoms with Crippen molar-refractivity contribution in [1.82, 2.24) is 5.32 Å². The maximum atomic E-state index is 11.6. The van der Waals surface area contributed by atoms with E-state index in [0.29, 0.717) is 45.8 Å². The van der Waals surface area contributed by atoms with Crippen LogP contribution in [0.2, 0.25) is 0 Å². The van der Waals surface area contributed by atoms with Gasteiger partial charge in [0.1, 0.15) is 6.61 Å². The van der Waals surface area contributed by atoms with Gasteiger partial charge in [0.25, 0.3) is 0 Å². The summed E-state index contributed by atoms with van der Waals surface area (Å²) >= 11 is 0. The molecule has 29 heavy (non-hydrogen) atoms. The fraction of sp³-hybridized carbons (Fsp3) is 0.857. The Morgan fingerprint density at radius 2 is 1.34 bits per heavy atom. The summed E-state index contributed by atoms with van der Waals surface area (Å²) in [4.78, 5) is 33.2. The Hall–Kier alpha value is -1.67. The number of amides is 1. The van der Waals surface area contributed by atoms with Gasteiger partial charge in [0, 0.05) is 26.0 Å². The Morgan fingerprint density at radius 1 is 0.724 bits per heavy atom. The second-order valence-electron chi connectivity index (χ2n) is 6.91. The van der Waals surface area contributed by atoms with Gasteiger partial charge in [-0.15, -0.1) is 0 Å². The van der Waals surface area contributed by atoms with Crippen molar-refractivity contribution >= 4 is 17.8 Å². The van der Waals surface area contributed by atoms with Gasteiger partial charge in [-0.05, 0) is 12.8 Å². The summed E-state index contributed by atoms with van der Waals surface area (Å²) < 4.78 is 15.8. The first kappa shape index (κ1) is 27.3. The van der Waals surface area contributed by atoms with Gasteiger partial charge < -0.3 is 24.6 Å². The normalized spacial score (nSPS) is 10.7. The Bertz CT molecular complexity index is 429. The second kappa shape index (κ2) is 21.0. The molecule has 0 saturated carbocycles. The van der Waals surface area contributed by atoms with E-state index in [9.17, 15) is 14.4 Å². The number of carbonyl (C=O) groups excluding carboxylic acids is 2. The minimum Gasteiger partial charge on any atom is -0.481 e. The summed E-state index contributed by atoms with van der Waals surface area (Å²) in [5.74, 6) is -1.41. The first-order chi connectivity index (χ1) is 14.1. The number of carboxylic acid groups (broad SMARTS) is 1. The van der Waals surface area contributed by atoms with Crippen LogP contribution in [0, 0.1) is 0 Å². The lowest BCUT2D eigenvalue weighted by atomic mass is 10.1. The highest BCUT2D eigenvalue weighted by molar-refractivity contribution is 5.80. The van der Waals surface area contributed by atoms with E-state index in [0.717, 1.165) is 12.8 Å². The number of carbonyl (C=O) groups is 3. The van der Waals surface area contributed by atoms with Crippen LogP contribution in [0.4, 0.5) is 0 Å². The topological polar surface area (TPSA) is 111 Å². The molecular formula is C21H39NO7. The van der Waals surface area contributed by atoms with Crippen LogP contribution in [0.5, 0.6) is 0 Å². The van der Waals surface area contributed by atoms with E-state index in [1.165, 1.54) is 32.1 Å². The highest BCUT2D eigenvalue weighted by Crippen LogP contribution is 2.08. The molecule has 0 aliphatic rings. The third kappa shape index (κ3) is 22.5. The van der Waals surface area contributed by atoms with Gasteiger partial charge in [0.05, 0.1) is 26.2 Å². The molecule has 0 atom stereocenters. The maximum absolute atomic E-state index is 11.6. The number of carboxylic acids is 1. The van der Waals surface area contributed by atoms with Crippen LogP contribution < -0.4 is 5.32 Å². The van der Waals surface area contributed by atoms with E-state index in [2.05, 4.69) is 12.2 Å². The predicted octanol–water partition coefficient (Wildman–Crippen LogP) is 3.07. The second-order valence-corrected chi connectivity index (χ2v) is 6.91. The number of nitrogens with one attached hydrogen (secondary N) is 1. The van der Waals surface area contributed by atoms with Gasteiger partial charge in [-0.2, -0.15) is 0 Å². The minimum atomic E-state index is -0.980. The molecule has 0 radical (unpaired) electrons. The summed E-state index contributed by atoms with van der Waals surface area (Å²) in [5, 5.41) is 11.1. The standard InChI is InChI=1S/C21H39NO7/c1-2-3-4-5-6-7-8-10-21(26)29-18-17-28-16-15-27-14-9-13-22-19(23)11-12-20(24)25/h2-18H2,1H3,(H,22,23)(H,24,25). The van der Waals surface area contributed by atoms with E-state index in [4.69, 9.17) is 19.3 Å². The smallest absolute Gasteiger partial charge is 0.305 e. The average Bonchev–Trinajstić information content (AvgIpc) is 2.69. The lowest BCUT2D eigenvalue weighted by Crippen LogP contribution is -2.25. The molecule has 0 spiro atoms. The third-order valence-electron chi connectivity index (χ3n) is 4.20. The van der Waals surface area contributed by atoms with Crippen molar-refractivity contribution < 1.29 is 33.7 Å². The van der Waals surface area contributed by atoms with Crippen molar-refractivity contribution in [3.05, 3.63) is 0 Å². The Kier molecular flexibility index (Phi) is 19.8. The van der Waals surface area contributed by atoms with Crippen LogP contribution >= 0.6 is 0 Å². The number of hydrogen-bond donors (Lipinski definition) is 2. The molecule has 0 bridgehead atoms. The van der Waals surface area contributed by atoms with E-state index >= 15 is 0 Å². The molecule has 0 heterocycles. The fourth-order valence-corrected chi connectivity index (χ4v) is 2.55. The average molecular weight is 418 g/mol. The SMILES string of the molecule is CCCCCCCCCC(=O)OCCOCCOCCCNC(=O)CCC(=O)O. The lowest BCUT2D eigenvalue weighted by molar-refractivity contribution is -0.145. The van der Waals surface area contributed by atoms with Gasteiger partial charge in [-0.25, -0.2) is 0 Å². The van der Waals surface area contributed by atoms with E-state index in [1.54, 1.807) is 0 Å². The van der Waals surface area contributed by atoms with Crippen LogP contribution in [0.3, 0.4) is 0 Å². The van der Waals surface area contributed by atoms with Crippen LogP contribution in [-0.4, -0.2) is 62.5 Å². The molecule has 0 aromatic carbocycles. The first-order valence-corrected chi connectivity index (χ1v) is 10.9. The van der Waals surface area contributed by atoms with Gasteiger partial charge in [0.15, 0.2) is 0 Å². The van der Waals surface area contributed by atoms with Crippen molar-refractivity contribution in [1.29, 1.82) is 0 Å². The summed E-state index contributed by atoms with van der Waals surface area (Å²) in [6.45, 7) is 4.60. The first-order valence-electron chi connectivity index (χ1n) is 10.9. The Morgan fingerprint density at radius 3 is 2.03 bits per heavy atom. The van der Waals surface area contributed by atoms with Gasteiger partial charge >= 0.3 is 11.9 Å². The van der Waals surface area contributed by atoms with Crippen molar-refractivity contribution in [2.45, 2.75) is 77.6 Å². The molecule has 0 aliphatic carbocycles. The third-order valence-corrected chi connectivity index (χ3v) is 4.20. The molecule has 0 unspecified atom stereocenters. The Balaban J connectivity index is 3.23. The summed E-state index contributed by atoms with van der Waals surface area (Å²) in [5.41, 5.74) is 0. The number of hydrogen-bond acceptors (Lipinski definition) is 6. The quantitative estimate of drug-likeness (QED) is 0.218. The molecule has 0 rings (SSSR count). The van der Waals surface area contributed by atoms with E-state index < -0.39 is 5.97 Å². The zero-order valence-electron chi connectivity index (χ0n) is 17.9. The number of aliphatic carboxylic acids is 1. The molecule has 8 nitrogen and oxygen atoms in total. The number of esters is 1. The number of ether oxygens (including phenoxy) is 3. The summed E-state index contributed by atoms with van der Waals surface area (Å²) in [6.07, 6.45) is 9.19. The fourth-order valence-electron chi connectivity index (χ4n) is 2.55. The molecule has 0 saturated heterocycles. The van der Waals surface area contributed by atoms with Crippen molar-refractivity contribution in [3.63, 3.8) is 0 Å². The monoisotopic (exact) mass is 417 g/mol. The Labute approximate surface area is 174 Å². The summed E-state index contributed by atoms with van der Waals surface area (Å²) in [7, 11) is 0. The molecule has 0 aromatic heterocycles. The molecule has 1 amide bonds. The van der Waals surface area contributed by atoms with E-state index in [1.807, 2.05) is 0 Å². The summed E-state index contributed by atoms with van der Waals surface area (Å²) in [6, 6.07) is 0. The van der Waals surface area contributed by atoms with Crippen molar-refractivity contribution in [2.24, 2.45) is 0 Å². The maximum Gasteiger partial charge on any atom is 0.305 e. The van der Waals surface area contributed by atoms with Gasteiger partial charge in [0.2, 0.25) is 5.91 Å². The molecule has 170 valence electrons. The number of rotatable bonds is 21. The molecule has 2 N–H and O–H groups in total.